The van der Waals surface area contributed by atoms with Crippen molar-refractivity contribution in [2.24, 2.45) is 0 Å². The molecule has 0 aromatic heterocycles. The molecule has 56 heavy (non-hydrogen) atoms. The molecule has 10 nitrogen and oxygen atoms in total. The number of benzene rings is 5. The van der Waals surface area contributed by atoms with Crippen molar-refractivity contribution in [3.05, 3.63) is 167 Å². The molecule has 7 atom stereocenters. The highest BCUT2D eigenvalue weighted by molar-refractivity contribution is 5.27. The van der Waals surface area contributed by atoms with Gasteiger partial charge in [-0.05, 0) is 46.5 Å². The van der Waals surface area contributed by atoms with Crippen LogP contribution in [0.4, 0.5) is 0 Å². The number of ether oxygens (including phenoxy) is 10. The van der Waals surface area contributed by atoms with E-state index in [9.17, 15) is 0 Å². The largest absolute Gasteiger partial charge is 0.497 e. The van der Waals surface area contributed by atoms with Crippen molar-refractivity contribution in [2.45, 2.75) is 69.5 Å². The minimum atomic E-state index is -0.838. The van der Waals surface area contributed by atoms with Crippen LogP contribution in [0.15, 0.2) is 140 Å². The molecular weight excluding hydrogens is 712 g/mol. The molecule has 2 heterocycles. The third kappa shape index (κ3) is 11.0. The molecule has 0 N–H and O–H groups in total. The predicted octanol–water partition coefficient (Wildman–Crippen LogP) is 7.83. The third-order valence-electron chi connectivity index (χ3n) is 9.75. The summed E-state index contributed by atoms with van der Waals surface area (Å²) in [5.41, 5.74) is 4.96. The van der Waals surface area contributed by atoms with E-state index < -0.39 is 43.1 Å². The first-order valence-electron chi connectivity index (χ1n) is 19.0. The Labute approximate surface area is 329 Å². The van der Waals surface area contributed by atoms with Crippen molar-refractivity contribution >= 4 is 0 Å². The molecule has 1 unspecified atom stereocenters. The van der Waals surface area contributed by atoms with Gasteiger partial charge in [0, 0.05) is 5.56 Å². The van der Waals surface area contributed by atoms with Crippen LogP contribution in [-0.4, -0.2) is 70.9 Å². The van der Waals surface area contributed by atoms with E-state index >= 15 is 0 Å². The molecule has 0 aliphatic carbocycles. The second-order valence-corrected chi connectivity index (χ2v) is 13.7. The molecule has 0 amide bonds. The van der Waals surface area contributed by atoms with Gasteiger partial charge in [0.2, 0.25) is 0 Å². The number of methoxy groups -OCH3 is 2. The lowest BCUT2D eigenvalue weighted by Crippen LogP contribution is -2.63. The topological polar surface area (TPSA) is 92.3 Å². The van der Waals surface area contributed by atoms with Crippen LogP contribution >= 0.6 is 0 Å². The molecule has 2 aliphatic rings. The molecule has 0 radical (unpaired) electrons. The monoisotopic (exact) mass is 762 g/mol. The number of hydrogen-bond donors (Lipinski definition) is 0. The Hall–Kier alpha value is -4.62. The zero-order valence-corrected chi connectivity index (χ0v) is 31.9. The van der Waals surface area contributed by atoms with Gasteiger partial charge in [-0.3, -0.25) is 0 Å². The summed E-state index contributed by atoms with van der Waals surface area (Å²) in [6, 6.07) is 45.6. The number of hydrogen-bond acceptors (Lipinski definition) is 10. The van der Waals surface area contributed by atoms with Crippen molar-refractivity contribution in [3.63, 3.8) is 0 Å². The highest BCUT2D eigenvalue weighted by atomic mass is 16.8. The third-order valence-corrected chi connectivity index (χ3v) is 9.75. The maximum atomic E-state index is 6.77. The fourth-order valence-corrected chi connectivity index (χ4v) is 6.67. The average Bonchev–Trinajstić information content (AvgIpc) is 3.27. The lowest BCUT2D eigenvalue weighted by Gasteiger charge is -2.49. The van der Waals surface area contributed by atoms with E-state index in [1.807, 2.05) is 140 Å². The van der Waals surface area contributed by atoms with E-state index in [2.05, 4.69) is 0 Å². The van der Waals surface area contributed by atoms with Gasteiger partial charge in [-0.2, -0.15) is 0 Å². The molecular formula is C46H50O10. The minimum absolute atomic E-state index is 0.159. The summed E-state index contributed by atoms with van der Waals surface area (Å²) in [4.78, 5) is 0. The van der Waals surface area contributed by atoms with Gasteiger partial charge in [0.05, 0.1) is 60.5 Å². The molecule has 2 fully saturated rings. The standard InChI is InChI=1S/C46H50O10/c1-47-38-22-18-35(19-23-38)26-49-30-40(50-27-36-20-24-39(48-2)25-21-36)31-53-46-44(52-29-34-14-8-4-9-15-34)43(51-28-33-12-6-3-7-13-33)42-41(55-46)32-54-45(56-42)37-16-10-5-11-17-37/h3-25,40-46H,26-32H2,1-2H3/t40-,41-,42+,43+,44-,45?,46-/m1/s1. The molecule has 2 saturated heterocycles. The number of fused-ring (bicyclic) bond motifs is 1. The highest BCUT2D eigenvalue weighted by Crippen LogP contribution is 2.37. The van der Waals surface area contributed by atoms with Crippen LogP contribution in [0.5, 0.6) is 11.5 Å². The Morgan fingerprint density at radius 1 is 0.536 bits per heavy atom. The normalized spacial score (nSPS) is 22.5. The zero-order valence-electron chi connectivity index (χ0n) is 31.9. The minimum Gasteiger partial charge on any atom is -0.497 e. The van der Waals surface area contributed by atoms with E-state index in [1.165, 1.54) is 0 Å². The van der Waals surface area contributed by atoms with Gasteiger partial charge in [0.25, 0.3) is 0 Å². The Kier molecular flexibility index (Phi) is 14.5. The molecule has 0 spiro atoms. The fourth-order valence-electron chi connectivity index (χ4n) is 6.67. The molecule has 10 heteroatoms. The Morgan fingerprint density at radius 3 is 1.66 bits per heavy atom. The molecule has 0 saturated carbocycles. The summed E-state index contributed by atoms with van der Waals surface area (Å²) in [6.45, 7) is 2.12. The molecule has 5 aromatic rings. The highest BCUT2D eigenvalue weighted by Gasteiger charge is 2.52. The van der Waals surface area contributed by atoms with E-state index in [4.69, 9.17) is 47.4 Å². The maximum absolute atomic E-state index is 6.77. The predicted molar refractivity (Wildman–Crippen MR) is 209 cm³/mol. The van der Waals surface area contributed by atoms with Crippen molar-refractivity contribution in [1.82, 2.24) is 0 Å². The second-order valence-electron chi connectivity index (χ2n) is 13.7. The lowest BCUT2D eigenvalue weighted by atomic mass is 9.97. The van der Waals surface area contributed by atoms with E-state index in [0.717, 1.165) is 39.3 Å². The quantitative estimate of drug-likeness (QED) is 0.0829. The fraction of sp³-hybridized carbons (Fsp3) is 0.348. The zero-order chi connectivity index (χ0) is 38.4. The van der Waals surface area contributed by atoms with Gasteiger partial charge in [-0.25, -0.2) is 0 Å². The Balaban J connectivity index is 1.11. The van der Waals surface area contributed by atoms with Gasteiger partial charge in [0.15, 0.2) is 12.6 Å². The molecule has 294 valence electrons. The smallest absolute Gasteiger partial charge is 0.187 e. The van der Waals surface area contributed by atoms with Crippen LogP contribution in [0.2, 0.25) is 0 Å². The van der Waals surface area contributed by atoms with Gasteiger partial charge >= 0.3 is 0 Å². The molecule has 5 aromatic carbocycles. The van der Waals surface area contributed by atoms with Gasteiger partial charge in [0.1, 0.15) is 42.0 Å². The summed E-state index contributed by atoms with van der Waals surface area (Å²) >= 11 is 0. The molecule has 7 rings (SSSR count). The maximum Gasteiger partial charge on any atom is 0.187 e. The average molecular weight is 763 g/mol. The number of rotatable bonds is 19. The molecule has 0 bridgehead atoms. The van der Waals surface area contributed by atoms with Crippen LogP contribution in [0.25, 0.3) is 0 Å². The van der Waals surface area contributed by atoms with Gasteiger partial charge < -0.3 is 47.4 Å². The van der Waals surface area contributed by atoms with Gasteiger partial charge in [-0.1, -0.05) is 115 Å². The van der Waals surface area contributed by atoms with Crippen LogP contribution in [0, 0.1) is 0 Å². The van der Waals surface area contributed by atoms with E-state index in [0.29, 0.717) is 26.4 Å². The van der Waals surface area contributed by atoms with Crippen molar-refractivity contribution in [1.29, 1.82) is 0 Å². The van der Waals surface area contributed by atoms with Crippen molar-refractivity contribution < 1.29 is 47.4 Å². The van der Waals surface area contributed by atoms with Crippen LogP contribution in [0.3, 0.4) is 0 Å². The lowest BCUT2D eigenvalue weighted by molar-refractivity contribution is -0.374. The second kappa shape index (κ2) is 20.5. The Morgan fingerprint density at radius 2 is 1.07 bits per heavy atom. The first-order valence-corrected chi connectivity index (χ1v) is 19.0. The first-order chi connectivity index (χ1) is 27.6. The van der Waals surface area contributed by atoms with Gasteiger partial charge in [-0.15, -0.1) is 0 Å². The Bertz CT molecular complexity index is 1840. The summed E-state index contributed by atoms with van der Waals surface area (Å²) in [5, 5.41) is 0. The van der Waals surface area contributed by atoms with Crippen LogP contribution < -0.4 is 9.47 Å². The van der Waals surface area contributed by atoms with E-state index in [-0.39, 0.29) is 19.8 Å². The summed E-state index contributed by atoms with van der Waals surface area (Å²) in [6.07, 6.45) is -4.10. The first kappa shape index (κ1) is 39.6. The molecule has 2 aliphatic heterocycles. The van der Waals surface area contributed by atoms with Crippen LogP contribution in [0.1, 0.15) is 34.1 Å². The summed E-state index contributed by atoms with van der Waals surface area (Å²) < 4.78 is 63.1. The van der Waals surface area contributed by atoms with Crippen molar-refractivity contribution in [2.75, 3.05) is 34.0 Å². The van der Waals surface area contributed by atoms with Crippen LogP contribution in [-0.2, 0) is 64.3 Å². The summed E-state index contributed by atoms with van der Waals surface area (Å²) in [5.74, 6) is 1.57. The van der Waals surface area contributed by atoms with Crippen molar-refractivity contribution in [3.8, 4) is 11.5 Å². The SMILES string of the molecule is COc1ccc(COC[C@H](CO[C@@H]2O[C@@H]3COC(c4ccccc4)O[C@@H]3[C@H](OCc3ccccc3)[C@H]2OCc2ccccc2)OCc2ccc(OC)cc2)cc1. The van der Waals surface area contributed by atoms with E-state index in [1.54, 1.807) is 14.2 Å². The summed E-state index contributed by atoms with van der Waals surface area (Å²) in [7, 11) is 3.30.